The van der Waals surface area contributed by atoms with Gasteiger partial charge in [-0.15, -0.1) is 23.5 Å². The molecule has 0 aliphatic carbocycles. The van der Waals surface area contributed by atoms with Gasteiger partial charge in [0.25, 0.3) is 0 Å². The Kier molecular flexibility index (Phi) is 7.04. The summed E-state index contributed by atoms with van der Waals surface area (Å²) in [6.07, 6.45) is 0. The van der Waals surface area contributed by atoms with Crippen molar-refractivity contribution < 1.29 is 0 Å². The van der Waals surface area contributed by atoms with E-state index in [2.05, 4.69) is 103 Å². The maximum atomic E-state index is 2.41. The largest absolute Gasteiger partial charge is 0.300 e. The van der Waals surface area contributed by atoms with Crippen LogP contribution in [0.3, 0.4) is 0 Å². The minimum atomic E-state index is 0.443. The van der Waals surface area contributed by atoms with Gasteiger partial charge < -0.3 is 4.90 Å². The van der Waals surface area contributed by atoms with Crippen molar-refractivity contribution in [3.63, 3.8) is 0 Å². The Hall–Kier alpha value is -1.68. The van der Waals surface area contributed by atoms with E-state index in [1.54, 1.807) is 0 Å². The first-order valence-electron chi connectivity index (χ1n) is 8.45. The number of rotatable bonds is 8. The molecule has 0 saturated carbocycles. The van der Waals surface area contributed by atoms with Crippen LogP contribution in [0.1, 0.15) is 5.56 Å². The van der Waals surface area contributed by atoms with Gasteiger partial charge in [-0.2, -0.15) is 0 Å². The first-order chi connectivity index (χ1) is 12.3. The average molecular weight is 366 g/mol. The lowest BCUT2D eigenvalue weighted by Crippen LogP contribution is -2.25. The fourth-order valence-electron chi connectivity index (χ4n) is 2.61. The zero-order chi connectivity index (χ0) is 17.3. The smallest absolute Gasteiger partial charge is 0.0723 e. The van der Waals surface area contributed by atoms with Crippen molar-refractivity contribution >= 4 is 23.5 Å². The highest BCUT2D eigenvalue weighted by atomic mass is 32.2. The molecule has 25 heavy (non-hydrogen) atoms. The molecule has 0 N–H and O–H groups in total. The van der Waals surface area contributed by atoms with Crippen LogP contribution in [-0.2, 0) is 6.54 Å². The summed E-state index contributed by atoms with van der Waals surface area (Å²) in [7, 11) is 2.21. The van der Waals surface area contributed by atoms with E-state index in [0.717, 1.165) is 13.1 Å². The number of benzene rings is 3. The van der Waals surface area contributed by atoms with Crippen molar-refractivity contribution in [2.75, 3.05) is 13.6 Å². The summed E-state index contributed by atoms with van der Waals surface area (Å²) >= 11 is 3.89. The molecule has 0 spiro atoms. The second-order valence-electron chi connectivity index (χ2n) is 5.97. The quantitative estimate of drug-likeness (QED) is 0.354. The molecule has 0 aromatic heterocycles. The van der Waals surface area contributed by atoms with Gasteiger partial charge in [0.15, 0.2) is 0 Å². The molecule has 3 aromatic rings. The molecule has 0 heterocycles. The molecule has 0 saturated heterocycles. The molecule has 0 bridgehead atoms. The average Bonchev–Trinajstić information content (AvgIpc) is 2.64. The van der Waals surface area contributed by atoms with E-state index in [4.69, 9.17) is 0 Å². The predicted molar refractivity (Wildman–Crippen MR) is 111 cm³/mol. The Labute approximate surface area is 159 Å². The van der Waals surface area contributed by atoms with Crippen LogP contribution in [0, 0.1) is 0 Å². The molecular weight excluding hydrogens is 342 g/mol. The van der Waals surface area contributed by atoms with E-state index >= 15 is 0 Å². The van der Waals surface area contributed by atoms with Crippen molar-refractivity contribution in [1.82, 2.24) is 4.90 Å². The number of hydrogen-bond acceptors (Lipinski definition) is 3. The molecule has 0 radical (unpaired) electrons. The topological polar surface area (TPSA) is 3.24 Å². The molecule has 3 heteroatoms. The molecule has 0 fully saturated rings. The molecule has 0 unspecified atom stereocenters. The lowest BCUT2D eigenvalue weighted by molar-refractivity contribution is 0.343. The maximum Gasteiger partial charge on any atom is 0.0723 e. The van der Waals surface area contributed by atoms with E-state index in [9.17, 15) is 0 Å². The predicted octanol–water partition coefficient (Wildman–Crippen LogP) is 6.03. The van der Waals surface area contributed by atoms with Crippen molar-refractivity contribution in [2.45, 2.75) is 20.9 Å². The van der Waals surface area contributed by atoms with Gasteiger partial charge in [0.2, 0.25) is 0 Å². The van der Waals surface area contributed by atoms with Crippen molar-refractivity contribution in [2.24, 2.45) is 0 Å². The summed E-state index contributed by atoms with van der Waals surface area (Å²) < 4.78 is 0.443. The summed E-state index contributed by atoms with van der Waals surface area (Å²) in [5.74, 6) is 0. The number of thioether (sulfide) groups is 2. The van der Waals surface area contributed by atoms with Gasteiger partial charge in [0, 0.05) is 22.9 Å². The third-order valence-corrected chi connectivity index (χ3v) is 6.27. The SMILES string of the molecule is CN(Cc1ccccc1)CC(Sc1ccccc1)Sc1ccccc1. The van der Waals surface area contributed by atoms with Crippen LogP contribution in [0.25, 0.3) is 0 Å². The first kappa shape index (κ1) is 18.1. The molecule has 3 aromatic carbocycles. The van der Waals surface area contributed by atoms with Gasteiger partial charge >= 0.3 is 0 Å². The van der Waals surface area contributed by atoms with Crippen LogP contribution in [0.5, 0.6) is 0 Å². The maximum absolute atomic E-state index is 2.41. The van der Waals surface area contributed by atoms with E-state index in [1.807, 2.05) is 23.5 Å². The second-order valence-corrected chi connectivity index (χ2v) is 8.82. The van der Waals surface area contributed by atoms with Crippen LogP contribution in [0.4, 0.5) is 0 Å². The zero-order valence-corrected chi connectivity index (χ0v) is 16.0. The van der Waals surface area contributed by atoms with Crippen LogP contribution in [-0.4, -0.2) is 23.1 Å². The fraction of sp³-hybridized carbons (Fsp3) is 0.182. The fourth-order valence-corrected chi connectivity index (χ4v) is 5.37. The molecule has 3 rings (SSSR count). The van der Waals surface area contributed by atoms with Crippen molar-refractivity contribution in [3.05, 3.63) is 96.6 Å². The summed E-state index contributed by atoms with van der Waals surface area (Å²) in [5, 5.41) is 0. The van der Waals surface area contributed by atoms with Gasteiger partial charge in [0.1, 0.15) is 0 Å². The standard InChI is InChI=1S/C22H23NS2/c1-23(17-19-11-5-2-6-12-19)18-22(24-20-13-7-3-8-14-20)25-21-15-9-4-10-16-21/h2-16,22H,17-18H2,1H3. The minimum absolute atomic E-state index is 0.443. The van der Waals surface area contributed by atoms with E-state index in [-0.39, 0.29) is 0 Å². The number of nitrogens with zero attached hydrogens (tertiary/aromatic N) is 1. The summed E-state index contributed by atoms with van der Waals surface area (Å²) in [4.78, 5) is 5.05. The summed E-state index contributed by atoms with van der Waals surface area (Å²) in [5.41, 5.74) is 1.36. The highest BCUT2D eigenvalue weighted by Gasteiger charge is 2.15. The lowest BCUT2D eigenvalue weighted by atomic mass is 10.2. The second kappa shape index (κ2) is 9.71. The third kappa shape index (κ3) is 6.28. The number of hydrogen-bond donors (Lipinski definition) is 0. The summed E-state index contributed by atoms with van der Waals surface area (Å²) in [6, 6.07) is 32.1. The Balaban J connectivity index is 1.66. The van der Waals surface area contributed by atoms with Gasteiger partial charge in [-0.3, -0.25) is 0 Å². The Morgan fingerprint density at radius 3 is 1.60 bits per heavy atom. The van der Waals surface area contributed by atoms with E-state index in [1.165, 1.54) is 15.4 Å². The van der Waals surface area contributed by atoms with Crippen LogP contribution in [0.15, 0.2) is 101 Å². The normalized spacial score (nSPS) is 11.2. The van der Waals surface area contributed by atoms with Crippen LogP contribution >= 0.6 is 23.5 Å². The molecular formula is C22H23NS2. The zero-order valence-electron chi connectivity index (χ0n) is 14.4. The Morgan fingerprint density at radius 1 is 0.680 bits per heavy atom. The van der Waals surface area contributed by atoms with E-state index in [0.29, 0.717) is 4.58 Å². The van der Waals surface area contributed by atoms with Crippen LogP contribution in [0.2, 0.25) is 0 Å². The lowest BCUT2D eigenvalue weighted by Gasteiger charge is -2.23. The Morgan fingerprint density at radius 2 is 1.12 bits per heavy atom. The van der Waals surface area contributed by atoms with Crippen LogP contribution < -0.4 is 0 Å². The molecule has 0 atom stereocenters. The molecule has 0 aliphatic rings. The monoisotopic (exact) mass is 365 g/mol. The molecule has 1 nitrogen and oxygen atoms in total. The van der Waals surface area contributed by atoms with Gasteiger partial charge in [-0.05, 0) is 36.9 Å². The first-order valence-corrected chi connectivity index (χ1v) is 10.2. The van der Waals surface area contributed by atoms with Gasteiger partial charge in [-0.25, -0.2) is 0 Å². The molecule has 0 amide bonds. The third-order valence-electron chi connectivity index (χ3n) is 3.78. The highest BCUT2D eigenvalue weighted by Crippen LogP contribution is 2.35. The molecule has 128 valence electrons. The molecule has 0 aliphatic heterocycles. The highest BCUT2D eigenvalue weighted by molar-refractivity contribution is 8.17. The van der Waals surface area contributed by atoms with Gasteiger partial charge in [-0.1, -0.05) is 66.7 Å². The minimum Gasteiger partial charge on any atom is -0.300 e. The Bertz CT molecular complexity index is 690. The van der Waals surface area contributed by atoms with Crippen molar-refractivity contribution in [3.8, 4) is 0 Å². The van der Waals surface area contributed by atoms with Crippen molar-refractivity contribution in [1.29, 1.82) is 0 Å². The van der Waals surface area contributed by atoms with E-state index < -0.39 is 0 Å². The van der Waals surface area contributed by atoms with Gasteiger partial charge in [0.05, 0.1) is 4.58 Å². The summed E-state index contributed by atoms with van der Waals surface area (Å²) in [6.45, 7) is 2.00.